The largest absolute Gasteiger partial charge is 0.461 e. The Hall–Kier alpha value is -1.70. The summed E-state index contributed by atoms with van der Waals surface area (Å²) in [5.41, 5.74) is 1.09. The van der Waals surface area contributed by atoms with E-state index in [1.165, 1.54) is 0 Å². The van der Waals surface area contributed by atoms with Crippen LogP contribution in [0, 0.1) is 0 Å². The molecule has 0 spiro atoms. The first-order chi connectivity index (χ1) is 6.42. The number of benzene rings is 1. The van der Waals surface area contributed by atoms with Crippen molar-refractivity contribution in [3.63, 3.8) is 0 Å². The molecule has 1 heterocycles. The highest BCUT2D eigenvalue weighted by Crippen LogP contribution is 2.30. The van der Waals surface area contributed by atoms with Crippen molar-refractivity contribution in [2.45, 2.75) is 0 Å². The molecule has 1 aromatic rings. The summed E-state index contributed by atoms with van der Waals surface area (Å²) in [5.74, 6) is 0.895. The summed E-state index contributed by atoms with van der Waals surface area (Å²) in [5, 5.41) is 0. The Labute approximate surface area is 77.7 Å². The molecule has 1 aliphatic rings. The maximum absolute atomic E-state index is 5.34. The first kappa shape index (κ1) is 7.92. The molecular weight excluding hydrogens is 162 g/mol. The van der Waals surface area contributed by atoms with Gasteiger partial charge in [-0.15, -0.1) is 6.58 Å². The van der Waals surface area contributed by atoms with Gasteiger partial charge in [-0.3, -0.25) is 0 Å². The van der Waals surface area contributed by atoms with Gasteiger partial charge in [0, 0.05) is 12.7 Å². The number of para-hydroxylation sites is 2. The predicted octanol–water partition coefficient (Wildman–Crippen LogP) is 2.54. The molecule has 0 N–H and O–H groups in total. The molecule has 66 valence electrons. The third-order valence-corrected chi connectivity index (χ3v) is 1.94. The highest BCUT2D eigenvalue weighted by atomic mass is 16.5. The van der Waals surface area contributed by atoms with E-state index in [2.05, 4.69) is 11.5 Å². The molecule has 0 saturated carbocycles. The molecule has 0 saturated heterocycles. The van der Waals surface area contributed by atoms with E-state index in [1.807, 2.05) is 36.5 Å². The molecule has 2 nitrogen and oxygen atoms in total. The summed E-state index contributed by atoms with van der Waals surface area (Å²) in [4.78, 5) is 2.09. The minimum atomic E-state index is 0.802. The SMILES string of the molecule is C=CCN1C=COc2ccccc21. The lowest BCUT2D eigenvalue weighted by Gasteiger charge is -2.24. The summed E-state index contributed by atoms with van der Waals surface area (Å²) in [6, 6.07) is 7.94. The number of hydrogen-bond donors (Lipinski definition) is 0. The van der Waals surface area contributed by atoms with E-state index < -0.39 is 0 Å². The molecule has 1 aliphatic heterocycles. The molecule has 13 heavy (non-hydrogen) atoms. The average molecular weight is 173 g/mol. The van der Waals surface area contributed by atoms with E-state index in [-0.39, 0.29) is 0 Å². The summed E-state index contributed by atoms with van der Waals surface area (Å²) >= 11 is 0. The van der Waals surface area contributed by atoms with Crippen LogP contribution in [0.25, 0.3) is 0 Å². The zero-order chi connectivity index (χ0) is 9.10. The molecule has 0 atom stereocenters. The Balaban J connectivity index is 2.36. The number of anilines is 1. The third-order valence-electron chi connectivity index (χ3n) is 1.94. The maximum atomic E-state index is 5.34. The van der Waals surface area contributed by atoms with Crippen LogP contribution in [0.4, 0.5) is 5.69 Å². The van der Waals surface area contributed by atoms with Crippen molar-refractivity contribution in [2.24, 2.45) is 0 Å². The molecule has 0 aliphatic carbocycles. The topological polar surface area (TPSA) is 12.5 Å². The molecule has 0 radical (unpaired) electrons. The van der Waals surface area contributed by atoms with Gasteiger partial charge in [0.2, 0.25) is 0 Å². The van der Waals surface area contributed by atoms with Gasteiger partial charge in [-0.05, 0) is 12.1 Å². The van der Waals surface area contributed by atoms with E-state index in [9.17, 15) is 0 Å². The highest BCUT2D eigenvalue weighted by Gasteiger charge is 2.11. The highest BCUT2D eigenvalue weighted by molar-refractivity contribution is 5.62. The van der Waals surface area contributed by atoms with Gasteiger partial charge in [0.25, 0.3) is 0 Å². The minimum absolute atomic E-state index is 0.802. The van der Waals surface area contributed by atoms with Crippen molar-refractivity contribution in [3.8, 4) is 5.75 Å². The number of ether oxygens (including phenoxy) is 1. The zero-order valence-corrected chi connectivity index (χ0v) is 7.31. The molecule has 2 heteroatoms. The monoisotopic (exact) mass is 173 g/mol. The van der Waals surface area contributed by atoms with Gasteiger partial charge in [0.1, 0.15) is 12.0 Å². The summed E-state index contributed by atoms with van der Waals surface area (Å²) in [6.45, 7) is 4.51. The van der Waals surface area contributed by atoms with Gasteiger partial charge < -0.3 is 9.64 Å². The first-order valence-electron chi connectivity index (χ1n) is 4.22. The average Bonchev–Trinajstić information content (AvgIpc) is 2.19. The molecule has 0 bridgehead atoms. The van der Waals surface area contributed by atoms with Crippen LogP contribution < -0.4 is 9.64 Å². The number of fused-ring (bicyclic) bond motifs is 1. The van der Waals surface area contributed by atoms with Gasteiger partial charge in [-0.1, -0.05) is 18.2 Å². The lowest BCUT2D eigenvalue weighted by atomic mass is 10.2. The number of nitrogens with zero attached hydrogens (tertiary/aromatic N) is 1. The molecule has 0 unspecified atom stereocenters. The maximum Gasteiger partial charge on any atom is 0.150 e. The van der Waals surface area contributed by atoms with Crippen LogP contribution in [0.15, 0.2) is 49.4 Å². The van der Waals surface area contributed by atoms with Crippen molar-refractivity contribution in [2.75, 3.05) is 11.4 Å². The van der Waals surface area contributed by atoms with Gasteiger partial charge in [0.05, 0.1) is 5.69 Å². The Morgan fingerprint density at radius 2 is 2.23 bits per heavy atom. The Bertz CT molecular complexity index is 344. The van der Waals surface area contributed by atoms with E-state index >= 15 is 0 Å². The predicted molar refractivity (Wildman–Crippen MR) is 53.8 cm³/mol. The van der Waals surface area contributed by atoms with Gasteiger partial charge >= 0.3 is 0 Å². The van der Waals surface area contributed by atoms with E-state index in [1.54, 1.807) is 6.26 Å². The summed E-state index contributed by atoms with van der Waals surface area (Å²) < 4.78 is 5.34. The second kappa shape index (κ2) is 3.35. The van der Waals surface area contributed by atoms with Crippen molar-refractivity contribution >= 4 is 5.69 Å². The van der Waals surface area contributed by atoms with Crippen LogP contribution in [0.2, 0.25) is 0 Å². The molecule has 0 fully saturated rings. The van der Waals surface area contributed by atoms with Crippen LogP contribution >= 0.6 is 0 Å². The lowest BCUT2D eigenvalue weighted by molar-refractivity contribution is 0.470. The fourth-order valence-corrected chi connectivity index (χ4v) is 1.35. The molecule has 2 rings (SSSR count). The molecular formula is C11H11NO. The van der Waals surface area contributed by atoms with E-state index in [4.69, 9.17) is 4.74 Å². The first-order valence-corrected chi connectivity index (χ1v) is 4.22. The standard InChI is InChI=1S/C11H11NO/c1-2-7-12-8-9-13-11-6-4-3-5-10(11)12/h2-6,8-9H,1,7H2. The van der Waals surface area contributed by atoms with E-state index in [0.717, 1.165) is 18.0 Å². The molecule has 1 aromatic carbocycles. The van der Waals surface area contributed by atoms with Crippen LogP contribution in [-0.2, 0) is 0 Å². The third kappa shape index (κ3) is 1.43. The smallest absolute Gasteiger partial charge is 0.150 e. The van der Waals surface area contributed by atoms with Crippen molar-refractivity contribution in [1.29, 1.82) is 0 Å². The van der Waals surface area contributed by atoms with Crippen LogP contribution in [0.1, 0.15) is 0 Å². The molecule has 0 amide bonds. The van der Waals surface area contributed by atoms with Crippen molar-refractivity contribution < 1.29 is 4.74 Å². The van der Waals surface area contributed by atoms with Gasteiger partial charge in [0.15, 0.2) is 0 Å². The van der Waals surface area contributed by atoms with Gasteiger partial charge in [-0.25, -0.2) is 0 Å². The normalized spacial score (nSPS) is 13.4. The van der Waals surface area contributed by atoms with Gasteiger partial charge in [-0.2, -0.15) is 0 Å². The van der Waals surface area contributed by atoms with Crippen LogP contribution in [-0.4, -0.2) is 6.54 Å². The summed E-state index contributed by atoms with van der Waals surface area (Å²) in [7, 11) is 0. The minimum Gasteiger partial charge on any atom is -0.461 e. The second-order valence-corrected chi connectivity index (χ2v) is 2.81. The summed E-state index contributed by atoms with van der Waals surface area (Å²) in [6.07, 6.45) is 5.46. The van der Waals surface area contributed by atoms with Crippen LogP contribution in [0.3, 0.4) is 0 Å². The van der Waals surface area contributed by atoms with E-state index in [0.29, 0.717) is 0 Å². The number of rotatable bonds is 2. The zero-order valence-electron chi connectivity index (χ0n) is 7.31. The lowest BCUT2D eigenvalue weighted by Crippen LogP contribution is -2.19. The Morgan fingerprint density at radius 3 is 3.08 bits per heavy atom. The fourth-order valence-electron chi connectivity index (χ4n) is 1.35. The molecule has 0 aromatic heterocycles. The van der Waals surface area contributed by atoms with Crippen molar-refractivity contribution in [3.05, 3.63) is 49.4 Å². The second-order valence-electron chi connectivity index (χ2n) is 2.81. The van der Waals surface area contributed by atoms with Crippen molar-refractivity contribution in [1.82, 2.24) is 0 Å². The Kier molecular flexibility index (Phi) is 2.04. The number of hydrogen-bond acceptors (Lipinski definition) is 2. The fraction of sp³-hybridized carbons (Fsp3) is 0.0909. The Morgan fingerprint density at radius 1 is 1.38 bits per heavy atom. The van der Waals surface area contributed by atoms with Crippen LogP contribution in [0.5, 0.6) is 5.75 Å². The quantitative estimate of drug-likeness (QED) is 0.637.